The molecule has 0 saturated heterocycles. The zero-order valence-electron chi connectivity index (χ0n) is 21.8. The van der Waals surface area contributed by atoms with Crippen molar-refractivity contribution in [2.24, 2.45) is 5.41 Å². The third-order valence-corrected chi connectivity index (χ3v) is 6.57. The quantitative estimate of drug-likeness (QED) is 0.294. The van der Waals surface area contributed by atoms with E-state index >= 15 is 0 Å². The van der Waals surface area contributed by atoms with Crippen LogP contribution in [0.5, 0.6) is 5.75 Å². The first-order valence-corrected chi connectivity index (χ1v) is 12.8. The molecule has 0 unspecified atom stereocenters. The van der Waals surface area contributed by atoms with Crippen molar-refractivity contribution < 1.29 is 14.6 Å². The number of carboxylic acids is 1. The normalized spacial score (nSPS) is 13.3. The van der Waals surface area contributed by atoms with E-state index in [1.165, 1.54) is 5.56 Å². The second-order valence-electron chi connectivity index (χ2n) is 9.83. The Balaban J connectivity index is 1.40. The predicted octanol–water partition coefficient (Wildman–Crippen LogP) is 7.11. The third-order valence-electron chi connectivity index (χ3n) is 6.57. The van der Waals surface area contributed by atoms with Gasteiger partial charge in [0.05, 0.1) is 23.4 Å². The van der Waals surface area contributed by atoms with Crippen LogP contribution in [0.3, 0.4) is 0 Å². The van der Waals surface area contributed by atoms with Gasteiger partial charge in [0.25, 0.3) is 0 Å². The van der Waals surface area contributed by atoms with Crippen LogP contribution >= 0.6 is 0 Å². The first-order valence-electron chi connectivity index (χ1n) is 12.8. The Labute approximate surface area is 219 Å². The molecule has 5 heteroatoms. The molecule has 4 rings (SSSR count). The second-order valence-corrected chi connectivity index (χ2v) is 9.83. The highest BCUT2D eigenvalue weighted by molar-refractivity contribution is 5.78. The standard InChI is InChI=1S/C32H34N2O3/c1-4-37-27-18-15-25(16-19-27)29-9-5-6-10-30(34-29)26-17-20-28(33-22-26)24-13-11-23(12-14-24)8-7-21-32(2,3)31(35)36/h6,9,11-20,22,34H,4-5,7-8,21H2,1-3H3,(H,35,36). The number of ether oxygens (including phenoxy) is 1. The summed E-state index contributed by atoms with van der Waals surface area (Å²) >= 11 is 0. The number of pyridine rings is 1. The Bertz CT molecular complexity index is 1310. The summed E-state index contributed by atoms with van der Waals surface area (Å²) in [4.78, 5) is 16.0. The van der Waals surface area contributed by atoms with Gasteiger partial charge in [0.2, 0.25) is 0 Å². The van der Waals surface area contributed by atoms with Gasteiger partial charge < -0.3 is 15.2 Å². The molecule has 0 bridgehead atoms. The summed E-state index contributed by atoms with van der Waals surface area (Å²) in [5.74, 6) is 0.121. The topological polar surface area (TPSA) is 71.5 Å². The number of carbonyl (C=O) groups is 1. The number of carboxylic acid groups (broad SMARTS) is 1. The first kappa shape index (κ1) is 26.0. The molecule has 1 aliphatic heterocycles. The lowest BCUT2D eigenvalue weighted by Crippen LogP contribution is -2.23. The van der Waals surface area contributed by atoms with Crippen molar-refractivity contribution in [2.45, 2.75) is 46.5 Å². The molecule has 2 heterocycles. The zero-order valence-corrected chi connectivity index (χ0v) is 21.8. The van der Waals surface area contributed by atoms with Gasteiger partial charge in [-0.1, -0.05) is 36.1 Å². The minimum Gasteiger partial charge on any atom is -0.494 e. The number of aryl methyl sites for hydroxylation is 1. The molecular formula is C32H34N2O3. The number of nitrogens with one attached hydrogen (secondary N) is 1. The fraction of sp³-hybridized carbons (Fsp3) is 0.281. The molecule has 0 amide bonds. The molecular weight excluding hydrogens is 460 g/mol. The fourth-order valence-electron chi connectivity index (χ4n) is 4.20. The van der Waals surface area contributed by atoms with E-state index in [0.717, 1.165) is 58.8 Å². The van der Waals surface area contributed by atoms with Crippen molar-refractivity contribution in [1.82, 2.24) is 10.3 Å². The van der Waals surface area contributed by atoms with Crippen molar-refractivity contribution >= 4 is 17.4 Å². The van der Waals surface area contributed by atoms with Crippen LogP contribution < -0.4 is 10.1 Å². The van der Waals surface area contributed by atoms with Gasteiger partial charge in [0, 0.05) is 23.0 Å². The van der Waals surface area contributed by atoms with Crippen LogP contribution in [0.15, 0.2) is 84.7 Å². The summed E-state index contributed by atoms with van der Waals surface area (Å²) in [5, 5.41) is 12.8. The monoisotopic (exact) mass is 494 g/mol. The van der Waals surface area contributed by atoms with Crippen LogP contribution in [0.1, 0.15) is 56.7 Å². The average Bonchev–Trinajstić information content (AvgIpc) is 3.16. The van der Waals surface area contributed by atoms with Crippen LogP contribution in [0.4, 0.5) is 0 Å². The zero-order chi connectivity index (χ0) is 26.3. The van der Waals surface area contributed by atoms with Crippen LogP contribution in [0.2, 0.25) is 0 Å². The molecule has 0 radical (unpaired) electrons. The van der Waals surface area contributed by atoms with Crippen molar-refractivity contribution in [3.63, 3.8) is 0 Å². The summed E-state index contributed by atoms with van der Waals surface area (Å²) in [5.41, 5.74) is 9.81. The van der Waals surface area contributed by atoms with Gasteiger partial charge in [-0.25, -0.2) is 0 Å². The predicted molar refractivity (Wildman–Crippen MR) is 149 cm³/mol. The van der Waals surface area contributed by atoms with E-state index in [-0.39, 0.29) is 0 Å². The second kappa shape index (κ2) is 11.8. The highest BCUT2D eigenvalue weighted by Gasteiger charge is 2.26. The molecule has 0 fully saturated rings. The summed E-state index contributed by atoms with van der Waals surface area (Å²) in [6, 6.07) is 20.6. The number of hydrogen-bond donors (Lipinski definition) is 2. The number of aliphatic carboxylic acids is 1. The smallest absolute Gasteiger partial charge is 0.309 e. The maximum Gasteiger partial charge on any atom is 0.309 e. The Hall–Kier alpha value is -4.08. The number of allylic oxidation sites excluding steroid dienone is 2. The van der Waals surface area contributed by atoms with Gasteiger partial charge in [-0.05, 0) is 100 Å². The largest absolute Gasteiger partial charge is 0.494 e. The van der Waals surface area contributed by atoms with Crippen molar-refractivity contribution in [1.29, 1.82) is 0 Å². The highest BCUT2D eigenvalue weighted by Crippen LogP contribution is 2.26. The van der Waals surface area contributed by atoms with Gasteiger partial charge in [-0.15, -0.1) is 0 Å². The van der Waals surface area contributed by atoms with E-state index in [1.807, 2.05) is 37.4 Å². The van der Waals surface area contributed by atoms with Gasteiger partial charge in [0.1, 0.15) is 5.75 Å². The van der Waals surface area contributed by atoms with E-state index in [1.54, 1.807) is 13.8 Å². The lowest BCUT2D eigenvalue weighted by molar-refractivity contribution is -0.147. The lowest BCUT2D eigenvalue weighted by Gasteiger charge is -2.18. The number of benzene rings is 2. The summed E-state index contributed by atoms with van der Waals surface area (Å²) in [7, 11) is 0. The average molecular weight is 495 g/mol. The van der Waals surface area contributed by atoms with Gasteiger partial charge in [-0.3, -0.25) is 9.78 Å². The number of hydrogen-bond acceptors (Lipinski definition) is 4. The number of rotatable bonds is 10. The maximum absolute atomic E-state index is 11.3. The molecule has 0 saturated carbocycles. The molecule has 0 spiro atoms. The molecule has 1 aromatic heterocycles. The molecule has 2 N–H and O–H groups in total. The highest BCUT2D eigenvalue weighted by atomic mass is 16.5. The van der Waals surface area contributed by atoms with E-state index in [4.69, 9.17) is 9.72 Å². The van der Waals surface area contributed by atoms with E-state index < -0.39 is 11.4 Å². The maximum atomic E-state index is 11.3. The molecule has 190 valence electrons. The van der Waals surface area contributed by atoms with Crippen molar-refractivity contribution in [2.75, 3.05) is 6.61 Å². The Morgan fingerprint density at radius 3 is 2.38 bits per heavy atom. The summed E-state index contributed by atoms with van der Waals surface area (Å²) in [6.45, 7) is 6.19. The Morgan fingerprint density at radius 1 is 1.03 bits per heavy atom. The van der Waals surface area contributed by atoms with E-state index in [0.29, 0.717) is 13.0 Å². The summed E-state index contributed by atoms with van der Waals surface area (Å²) in [6.07, 6.45) is 9.21. The van der Waals surface area contributed by atoms with Crippen LogP contribution in [-0.4, -0.2) is 22.7 Å². The molecule has 0 atom stereocenters. The lowest BCUT2D eigenvalue weighted by atomic mass is 9.86. The molecule has 0 aliphatic carbocycles. The first-order chi connectivity index (χ1) is 17.9. The van der Waals surface area contributed by atoms with E-state index in [2.05, 4.69) is 59.6 Å². The molecule has 1 aliphatic rings. The number of nitrogens with zero attached hydrogens (tertiary/aromatic N) is 1. The molecule has 37 heavy (non-hydrogen) atoms. The summed E-state index contributed by atoms with van der Waals surface area (Å²) < 4.78 is 5.56. The third kappa shape index (κ3) is 6.78. The fourth-order valence-corrected chi connectivity index (χ4v) is 4.20. The van der Waals surface area contributed by atoms with E-state index in [9.17, 15) is 9.90 Å². The van der Waals surface area contributed by atoms with Gasteiger partial charge in [-0.2, -0.15) is 0 Å². The molecule has 2 aromatic carbocycles. The molecule has 5 nitrogen and oxygen atoms in total. The SMILES string of the molecule is CCOc1ccc(C2=CCC=C=C(c3ccc(-c4ccc(CCCC(C)(C)C(=O)O)cc4)nc3)N2)cc1. The van der Waals surface area contributed by atoms with Crippen LogP contribution in [0, 0.1) is 5.41 Å². The van der Waals surface area contributed by atoms with Gasteiger partial charge in [0.15, 0.2) is 0 Å². The Morgan fingerprint density at radius 2 is 1.73 bits per heavy atom. The molecule has 3 aromatic rings. The van der Waals surface area contributed by atoms with Crippen LogP contribution in [0.25, 0.3) is 22.7 Å². The minimum atomic E-state index is -0.744. The van der Waals surface area contributed by atoms with Gasteiger partial charge >= 0.3 is 5.97 Å². The minimum absolute atomic E-state index is 0.650. The Kier molecular flexibility index (Phi) is 8.27. The van der Waals surface area contributed by atoms with Crippen molar-refractivity contribution in [3.05, 3.63) is 101 Å². The van der Waals surface area contributed by atoms with Crippen molar-refractivity contribution in [3.8, 4) is 17.0 Å². The number of aromatic nitrogens is 1. The van der Waals surface area contributed by atoms with Crippen LogP contribution in [-0.2, 0) is 11.2 Å².